The second kappa shape index (κ2) is 6.58. The summed E-state index contributed by atoms with van der Waals surface area (Å²) in [5, 5.41) is 3.78. The maximum Gasteiger partial charge on any atom is 0.0192 e. The Morgan fingerprint density at radius 2 is 1.63 bits per heavy atom. The second-order valence-electron chi connectivity index (χ2n) is 7.91. The second-order valence-corrected chi connectivity index (χ2v) is 7.91. The van der Waals surface area contributed by atoms with Crippen LogP contribution in [0.5, 0.6) is 0 Å². The van der Waals surface area contributed by atoms with Crippen LogP contribution in [0.1, 0.15) is 66.2 Å². The lowest BCUT2D eigenvalue weighted by Gasteiger charge is -2.41. The molecule has 2 heteroatoms. The highest BCUT2D eigenvalue weighted by Gasteiger charge is 2.30. The molecule has 1 aliphatic carbocycles. The maximum absolute atomic E-state index is 3.78. The molecule has 19 heavy (non-hydrogen) atoms. The van der Waals surface area contributed by atoms with Gasteiger partial charge >= 0.3 is 0 Å². The smallest absolute Gasteiger partial charge is 0.0192 e. The molecule has 0 bridgehead atoms. The molecule has 1 atom stereocenters. The van der Waals surface area contributed by atoms with Gasteiger partial charge in [0.05, 0.1) is 0 Å². The number of nitrogens with one attached hydrogen (secondary N) is 1. The van der Waals surface area contributed by atoms with E-state index in [-0.39, 0.29) is 0 Å². The molecule has 1 heterocycles. The molecule has 1 aliphatic heterocycles. The van der Waals surface area contributed by atoms with Gasteiger partial charge in [-0.25, -0.2) is 0 Å². The molecule has 0 aromatic rings. The lowest BCUT2D eigenvalue weighted by molar-refractivity contribution is 0.0865. The van der Waals surface area contributed by atoms with Crippen LogP contribution in [-0.4, -0.2) is 36.6 Å². The van der Waals surface area contributed by atoms with Gasteiger partial charge in [-0.2, -0.15) is 0 Å². The molecule has 1 saturated heterocycles. The Morgan fingerprint density at radius 3 is 2.16 bits per heavy atom. The first kappa shape index (κ1) is 15.3. The molecule has 0 spiro atoms. The van der Waals surface area contributed by atoms with Crippen LogP contribution in [0.2, 0.25) is 0 Å². The zero-order chi connectivity index (χ0) is 13.9. The van der Waals surface area contributed by atoms with E-state index in [1.165, 1.54) is 58.2 Å². The van der Waals surface area contributed by atoms with Gasteiger partial charge in [0.25, 0.3) is 0 Å². The molecule has 0 aromatic heterocycles. The number of hydrogen-bond donors (Lipinski definition) is 1. The molecule has 1 saturated carbocycles. The third kappa shape index (κ3) is 4.46. The summed E-state index contributed by atoms with van der Waals surface area (Å²) in [5.74, 6) is 0.916. The highest BCUT2D eigenvalue weighted by Crippen LogP contribution is 2.34. The van der Waals surface area contributed by atoms with Crippen molar-refractivity contribution >= 4 is 0 Å². The highest BCUT2D eigenvalue weighted by molar-refractivity contribution is 4.84. The molecule has 0 radical (unpaired) electrons. The normalized spacial score (nSPS) is 25.9. The minimum absolute atomic E-state index is 0.497. The molecule has 2 aliphatic rings. The minimum atomic E-state index is 0.497. The van der Waals surface area contributed by atoms with E-state index in [2.05, 4.69) is 37.9 Å². The highest BCUT2D eigenvalue weighted by atomic mass is 15.2. The van der Waals surface area contributed by atoms with Gasteiger partial charge in [-0.3, -0.25) is 4.90 Å². The summed E-state index contributed by atoms with van der Waals surface area (Å²) in [6, 6.07) is 1.52. The minimum Gasteiger partial charge on any atom is -0.312 e. The van der Waals surface area contributed by atoms with Crippen molar-refractivity contribution in [3.8, 4) is 0 Å². The van der Waals surface area contributed by atoms with Crippen molar-refractivity contribution in [2.24, 2.45) is 11.3 Å². The van der Waals surface area contributed by atoms with Crippen LogP contribution >= 0.6 is 0 Å². The predicted molar refractivity (Wildman–Crippen MR) is 83.5 cm³/mol. The summed E-state index contributed by atoms with van der Waals surface area (Å²) in [7, 11) is 0. The van der Waals surface area contributed by atoms with Gasteiger partial charge in [-0.15, -0.1) is 0 Å². The molecule has 0 amide bonds. The van der Waals surface area contributed by atoms with Crippen molar-refractivity contribution in [3.05, 3.63) is 0 Å². The lowest BCUT2D eigenvalue weighted by Crippen LogP contribution is -2.47. The van der Waals surface area contributed by atoms with E-state index in [1.807, 2.05) is 0 Å². The summed E-state index contributed by atoms with van der Waals surface area (Å²) in [4.78, 5) is 2.70. The van der Waals surface area contributed by atoms with Gasteiger partial charge in [-0.05, 0) is 57.0 Å². The van der Waals surface area contributed by atoms with Crippen LogP contribution in [-0.2, 0) is 0 Å². The average Bonchev–Trinajstić information content (AvgIpc) is 2.88. The summed E-state index contributed by atoms with van der Waals surface area (Å²) in [6.07, 6.45) is 8.44. The molecule has 1 unspecified atom stereocenters. The van der Waals surface area contributed by atoms with Crippen molar-refractivity contribution in [2.45, 2.75) is 78.3 Å². The van der Waals surface area contributed by atoms with E-state index in [0.29, 0.717) is 11.5 Å². The number of likely N-dealkylation sites (tertiary alicyclic amines) is 1. The summed E-state index contributed by atoms with van der Waals surface area (Å²) >= 11 is 0. The Hall–Kier alpha value is -0.0800. The third-order valence-electron chi connectivity index (χ3n) is 5.43. The Balaban J connectivity index is 1.68. The van der Waals surface area contributed by atoms with E-state index in [9.17, 15) is 0 Å². The Kier molecular flexibility index (Phi) is 5.30. The summed E-state index contributed by atoms with van der Waals surface area (Å²) < 4.78 is 0. The van der Waals surface area contributed by atoms with Gasteiger partial charge in [0, 0.05) is 18.6 Å². The molecule has 1 N–H and O–H groups in total. The summed E-state index contributed by atoms with van der Waals surface area (Å²) in [6.45, 7) is 13.4. The molecule has 112 valence electrons. The first-order chi connectivity index (χ1) is 8.97. The first-order valence-corrected chi connectivity index (χ1v) is 8.44. The molecule has 0 aromatic carbocycles. The fraction of sp³-hybridized carbons (Fsp3) is 1.00. The zero-order valence-electron chi connectivity index (χ0n) is 13.5. The number of piperidine rings is 1. The number of hydrogen-bond acceptors (Lipinski definition) is 2. The van der Waals surface area contributed by atoms with Crippen molar-refractivity contribution in [1.82, 2.24) is 10.2 Å². The monoisotopic (exact) mass is 266 g/mol. The van der Waals surface area contributed by atoms with Crippen LogP contribution in [0.25, 0.3) is 0 Å². The number of nitrogens with zero attached hydrogens (tertiary/aromatic N) is 1. The van der Waals surface area contributed by atoms with Gasteiger partial charge in [0.15, 0.2) is 0 Å². The Morgan fingerprint density at radius 1 is 1.05 bits per heavy atom. The third-order valence-corrected chi connectivity index (χ3v) is 5.43. The van der Waals surface area contributed by atoms with Crippen LogP contribution in [0, 0.1) is 11.3 Å². The van der Waals surface area contributed by atoms with Gasteiger partial charge in [0.1, 0.15) is 0 Å². The van der Waals surface area contributed by atoms with Crippen molar-refractivity contribution < 1.29 is 0 Å². The fourth-order valence-electron chi connectivity index (χ4n) is 3.80. The lowest BCUT2D eigenvalue weighted by atomic mass is 9.75. The van der Waals surface area contributed by atoms with Crippen LogP contribution in [0.15, 0.2) is 0 Å². The molecule has 2 fully saturated rings. The van der Waals surface area contributed by atoms with Gasteiger partial charge < -0.3 is 5.32 Å². The Bertz CT molecular complexity index is 255. The molecular weight excluding hydrogens is 232 g/mol. The van der Waals surface area contributed by atoms with E-state index in [1.54, 1.807) is 0 Å². The Labute approximate surface area is 120 Å². The van der Waals surface area contributed by atoms with Crippen molar-refractivity contribution in [1.29, 1.82) is 0 Å². The van der Waals surface area contributed by atoms with Gasteiger partial charge in [-0.1, -0.05) is 33.6 Å². The topological polar surface area (TPSA) is 15.3 Å². The van der Waals surface area contributed by atoms with Crippen molar-refractivity contribution in [2.75, 3.05) is 19.6 Å². The maximum atomic E-state index is 3.78. The van der Waals surface area contributed by atoms with E-state index >= 15 is 0 Å². The predicted octanol–water partition coefficient (Wildman–Crippen LogP) is 3.67. The largest absolute Gasteiger partial charge is 0.312 e. The number of rotatable bonds is 4. The van der Waals surface area contributed by atoms with Crippen molar-refractivity contribution in [3.63, 3.8) is 0 Å². The van der Waals surface area contributed by atoms with Crippen LogP contribution in [0.4, 0.5) is 0 Å². The van der Waals surface area contributed by atoms with Crippen LogP contribution in [0.3, 0.4) is 0 Å². The van der Waals surface area contributed by atoms with E-state index in [4.69, 9.17) is 0 Å². The molecule has 2 nitrogen and oxygen atoms in total. The first-order valence-electron chi connectivity index (χ1n) is 8.44. The fourth-order valence-corrected chi connectivity index (χ4v) is 3.80. The van der Waals surface area contributed by atoms with E-state index < -0.39 is 0 Å². The zero-order valence-corrected chi connectivity index (χ0v) is 13.5. The van der Waals surface area contributed by atoms with Gasteiger partial charge in [0.2, 0.25) is 0 Å². The SMILES string of the molecule is CC(CNC1CCCC1)N1CCC(C(C)(C)C)CC1. The average molecular weight is 266 g/mol. The quantitative estimate of drug-likeness (QED) is 0.835. The van der Waals surface area contributed by atoms with Crippen LogP contribution < -0.4 is 5.32 Å². The summed E-state index contributed by atoms with van der Waals surface area (Å²) in [5.41, 5.74) is 0.497. The standard InChI is InChI=1S/C17H34N2/c1-14(13-18-16-7-5-6-8-16)19-11-9-15(10-12-19)17(2,3)4/h14-16,18H,5-13H2,1-4H3. The van der Waals surface area contributed by atoms with E-state index in [0.717, 1.165) is 12.0 Å². The molecule has 2 rings (SSSR count). The molecular formula is C17H34N2.